The second kappa shape index (κ2) is 5.39. The zero-order chi connectivity index (χ0) is 13.0. The van der Waals surface area contributed by atoms with Gasteiger partial charge in [0.05, 0.1) is 11.5 Å². The molecule has 0 aliphatic carbocycles. The first-order valence-electron chi connectivity index (χ1n) is 5.15. The molecule has 94 valence electrons. The Hall–Kier alpha value is -1.96. The van der Waals surface area contributed by atoms with Crippen molar-refractivity contribution in [1.29, 1.82) is 0 Å². The monoisotopic (exact) mass is 241 g/mol. The smallest absolute Gasteiger partial charge is 0.332 e. The van der Waals surface area contributed by atoms with Crippen molar-refractivity contribution in [3.63, 3.8) is 0 Å². The van der Waals surface area contributed by atoms with Crippen molar-refractivity contribution in [1.82, 2.24) is 9.97 Å². The highest BCUT2D eigenvalue weighted by molar-refractivity contribution is 5.61. The standard InChI is InChI=1S/C9H15N5O3/c1-3-13(4-5-15)8-7(14(16)17)6(2)11-9(10)12-8/h15H,3-5H2,1-2H3,(H2,10,11,12). The molecule has 0 radical (unpaired) electrons. The molecule has 0 aromatic carbocycles. The molecule has 8 heteroatoms. The highest BCUT2D eigenvalue weighted by atomic mass is 16.6. The van der Waals surface area contributed by atoms with Gasteiger partial charge in [0.25, 0.3) is 0 Å². The average molecular weight is 241 g/mol. The lowest BCUT2D eigenvalue weighted by atomic mass is 10.3. The Balaban J connectivity index is 3.32. The van der Waals surface area contributed by atoms with Crippen LogP contribution in [0.5, 0.6) is 0 Å². The molecule has 0 saturated heterocycles. The summed E-state index contributed by atoms with van der Waals surface area (Å²) in [6, 6.07) is 0. The minimum absolute atomic E-state index is 0.0144. The molecule has 0 bridgehead atoms. The van der Waals surface area contributed by atoms with Gasteiger partial charge in [0.15, 0.2) is 0 Å². The van der Waals surface area contributed by atoms with E-state index in [0.29, 0.717) is 6.54 Å². The fourth-order valence-electron chi connectivity index (χ4n) is 1.54. The van der Waals surface area contributed by atoms with Gasteiger partial charge in [-0.15, -0.1) is 0 Å². The van der Waals surface area contributed by atoms with Crippen LogP contribution in [0.1, 0.15) is 12.6 Å². The van der Waals surface area contributed by atoms with E-state index in [1.54, 1.807) is 4.90 Å². The summed E-state index contributed by atoms with van der Waals surface area (Å²) in [4.78, 5) is 19.7. The molecule has 0 spiro atoms. The Morgan fingerprint density at radius 3 is 2.65 bits per heavy atom. The Bertz CT molecular complexity index is 423. The van der Waals surface area contributed by atoms with E-state index in [0.717, 1.165) is 0 Å². The van der Waals surface area contributed by atoms with Gasteiger partial charge >= 0.3 is 5.69 Å². The first-order valence-corrected chi connectivity index (χ1v) is 5.15. The van der Waals surface area contributed by atoms with E-state index in [4.69, 9.17) is 10.8 Å². The van der Waals surface area contributed by atoms with Crippen molar-refractivity contribution in [2.24, 2.45) is 0 Å². The van der Waals surface area contributed by atoms with Crippen LogP contribution < -0.4 is 10.6 Å². The van der Waals surface area contributed by atoms with Crippen molar-refractivity contribution in [3.8, 4) is 0 Å². The molecule has 0 amide bonds. The van der Waals surface area contributed by atoms with Crippen molar-refractivity contribution in [2.45, 2.75) is 13.8 Å². The Morgan fingerprint density at radius 1 is 1.53 bits per heavy atom. The molecule has 8 nitrogen and oxygen atoms in total. The largest absolute Gasteiger partial charge is 0.395 e. The zero-order valence-corrected chi connectivity index (χ0v) is 9.75. The number of hydrogen-bond donors (Lipinski definition) is 2. The highest BCUT2D eigenvalue weighted by Gasteiger charge is 2.25. The molecule has 1 rings (SSSR count). The van der Waals surface area contributed by atoms with E-state index in [2.05, 4.69) is 9.97 Å². The van der Waals surface area contributed by atoms with Crippen molar-refractivity contribution >= 4 is 17.5 Å². The molecule has 3 N–H and O–H groups in total. The van der Waals surface area contributed by atoms with Crippen LogP contribution in [-0.2, 0) is 0 Å². The second-order valence-electron chi connectivity index (χ2n) is 3.40. The Labute approximate surface area is 98.2 Å². The fraction of sp³-hybridized carbons (Fsp3) is 0.556. The number of nitrogen functional groups attached to an aromatic ring is 1. The third kappa shape index (κ3) is 2.78. The topological polar surface area (TPSA) is 118 Å². The predicted octanol–water partition coefficient (Wildman–Crippen LogP) is 0.0940. The number of nitro groups is 1. The zero-order valence-electron chi connectivity index (χ0n) is 9.75. The lowest BCUT2D eigenvalue weighted by Crippen LogP contribution is -2.28. The Kier molecular flexibility index (Phi) is 4.16. The average Bonchev–Trinajstić information content (AvgIpc) is 2.23. The molecule has 0 fully saturated rings. The molecule has 0 saturated carbocycles. The number of hydrogen-bond acceptors (Lipinski definition) is 7. The first kappa shape index (κ1) is 13.1. The first-order chi connectivity index (χ1) is 8.01. The molecule has 0 atom stereocenters. The molecular weight excluding hydrogens is 226 g/mol. The second-order valence-corrected chi connectivity index (χ2v) is 3.40. The van der Waals surface area contributed by atoms with Crippen molar-refractivity contribution in [3.05, 3.63) is 15.8 Å². The number of nitrogens with two attached hydrogens (primary N) is 1. The summed E-state index contributed by atoms with van der Waals surface area (Å²) in [5.41, 5.74) is 5.53. The summed E-state index contributed by atoms with van der Waals surface area (Å²) >= 11 is 0. The quantitative estimate of drug-likeness (QED) is 0.554. The van der Waals surface area contributed by atoms with Crippen molar-refractivity contribution in [2.75, 3.05) is 30.3 Å². The summed E-state index contributed by atoms with van der Waals surface area (Å²) < 4.78 is 0. The van der Waals surface area contributed by atoms with Gasteiger partial charge in [0.1, 0.15) is 5.69 Å². The minimum Gasteiger partial charge on any atom is -0.395 e. The van der Waals surface area contributed by atoms with Gasteiger partial charge in [0, 0.05) is 13.1 Å². The van der Waals surface area contributed by atoms with Gasteiger partial charge in [0.2, 0.25) is 11.8 Å². The van der Waals surface area contributed by atoms with E-state index >= 15 is 0 Å². The third-order valence-corrected chi connectivity index (χ3v) is 2.29. The van der Waals surface area contributed by atoms with Crippen molar-refractivity contribution < 1.29 is 10.0 Å². The lowest BCUT2D eigenvalue weighted by molar-refractivity contribution is -0.385. The van der Waals surface area contributed by atoms with Gasteiger partial charge < -0.3 is 15.7 Å². The van der Waals surface area contributed by atoms with Crippen LogP contribution in [0.2, 0.25) is 0 Å². The minimum atomic E-state index is -0.538. The number of anilines is 2. The molecule has 0 unspecified atom stereocenters. The molecular formula is C9H15N5O3. The van der Waals surface area contributed by atoms with Gasteiger partial charge in [-0.05, 0) is 13.8 Å². The van der Waals surface area contributed by atoms with Gasteiger partial charge in [-0.1, -0.05) is 0 Å². The van der Waals surface area contributed by atoms with Crippen LogP contribution in [0.25, 0.3) is 0 Å². The lowest BCUT2D eigenvalue weighted by Gasteiger charge is -2.20. The van der Waals surface area contributed by atoms with Crippen LogP contribution in [0.4, 0.5) is 17.5 Å². The molecule has 1 aromatic rings. The number of aromatic nitrogens is 2. The maximum Gasteiger partial charge on any atom is 0.332 e. The van der Waals surface area contributed by atoms with Crippen LogP contribution in [0.15, 0.2) is 0 Å². The van der Waals surface area contributed by atoms with E-state index in [1.165, 1.54) is 6.92 Å². The number of aryl methyl sites for hydroxylation is 1. The summed E-state index contributed by atoms with van der Waals surface area (Å²) in [5.74, 6) is 0.135. The van der Waals surface area contributed by atoms with E-state index in [1.807, 2.05) is 6.92 Å². The molecule has 0 aliphatic heterocycles. The molecule has 1 heterocycles. The number of likely N-dealkylation sites (N-methyl/N-ethyl adjacent to an activating group) is 1. The van der Waals surface area contributed by atoms with Crippen LogP contribution >= 0.6 is 0 Å². The summed E-state index contributed by atoms with van der Waals surface area (Å²) in [6.07, 6.45) is 0. The van der Waals surface area contributed by atoms with E-state index < -0.39 is 4.92 Å². The summed E-state index contributed by atoms with van der Waals surface area (Å²) in [6.45, 7) is 3.94. The molecule has 0 aliphatic rings. The normalized spacial score (nSPS) is 10.3. The fourth-order valence-corrected chi connectivity index (χ4v) is 1.54. The number of rotatable bonds is 5. The predicted molar refractivity (Wildman–Crippen MR) is 62.8 cm³/mol. The summed E-state index contributed by atoms with van der Waals surface area (Å²) in [5, 5.41) is 19.9. The number of aliphatic hydroxyl groups excluding tert-OH is 1. The maximum absolute atomic E-state index is 11.0. The SMILES string of the molecule is CCN(CCO)c1nc(N)nc(C)c1[N+](=O)[O-]. The molecule has 1 aromatic heterocycles. The molecule has 17 heavy (non-hydrogen) atoms. The van der Waals surface area contributed by atoms with Gasteiger partial charge in [-0.2, -0.15) is 4.98 Å². The van der Waals surface area contributed by atoms with Crippen LogP contribution in [0.3, 0.4) is 0 Å². The van der Waals surface area contributed by atoms with Crippen LogP contribution in [-0.4, -0.2) is 39.7 Å². The summed E-state index contributed by atoms with van der Waals surface area (Å²) in [7, 11) is 0. The maximum atomic E-state index is 11.0. The number of nitrogens with zero attached hydrogens (tertiary/aromatic N) is 4. The third-order valence-electron chi connectivity index (χ3n) is 2.29. The van der Waals surface area contributed by atoms with Gasteiger partial charge in [-0.25, -0.2) is 4.98 Å². The van der Waals surface area contributed by atoms with E-state index in [9.17, 15) is 10.1 Å². The van der Waals surface area contributed by atoms with Gasteiger partial charge in [-0.3, -0.25) is 10.1 Å². The highest BCUT2D eigenvalue weighted by Crippen LogP contribution is 2.28. The Morgan fingerprint density at radius 2 is 2.18 bits per heavy atom. The van der Waals surface area contributed by atoms with E-state index in [-0.39, 0.29) is 36.3 Å². The van der Waals surface area contributed by atoms with Crippen LogP contribution in [0, 0.1) is 17.0 Å². The number of aliphatic hydroxyl groups is 1.